The Balaban J connectivity index is 2.10. The molecule has 132 valence electrons. The van der Waals surface area contributed by atoms with Gasteiger partial charge in [-0.3, -0.25) is 9.59 Å². The van der Waals surface area contributed by atoms with Gasteiger partial charge in [-0.15, -0.1) is 0 Å². The van der Waals surface area contributed by atoms with Gasteiger partial charge >= 0.3 is 5.97 Å². The molecule has 2 aromatic rings. The number of hydrogen-bond acceptors (Lipinski definition) is 6. The molecule has 2 rings (SSSR count). The topological polar surface area (TPSA) is 90.3 Å². The van der Waals surface area contributed by atoms with E-state index in [9.17, 15) is 14.4 Å². The number of anilines is 1. The second-order valence-corrected chi connectivity index (χ2v) is 6.65. The van der Waals surface area contributed by atoms with Crippen molar-refractivity contribution in [2.75, 3.05) is 11.9 Å². The lowest BCUT2D eigenvalue weighted by atomic mass is 10.4. The zero-order chi connectivity index (χ0) is 18.6. The fraction of sp³-hybridized carbons (Fsp3) is 0.200. The van der Waals surface area contributed by atoms with Crippen molar-refractivity contribution in [2.45, 2.75) is 13.5 Å². The zero-order valence-corrected chi connectivity index (χ0v) is 15.4. The number of hydrogen-bond donors (Lipinski definition) is 1. The molecular formula is C15H13Cl2N3O4S. The van der Waals surface area contributed by atoms with Crippen molar-refractivity contribution in [3.8, 4) is 0 Å². The molecule has 0 aromatic carbocycles. The van der Waals surface area contributed by atoms with Gasteiger partial charge in [-0.05, 0) is 13.0 Å². The lowest BCUT2D eigenvalue weighted by Gasteiger charge is -2.06. The lowest BCUT2D eigenvalue weighted by molar-refractivity contribution is -0.116. The van der Waals surface area contributed by atoms with Crippen molar-refractivity contribution >= 4 is 51.5 Å². The summed E-state index contributed by atoms with van der Waals surface area (Å²) in [5.74, 6) is -1.06. The molecule has 2 aromatic heterocycles. The normalized spacial score (nSPS) is 10.4. The first-order valence-electron chi connectivity index (χ1n) is 6.92. The number of rotatable bonds is 6. The third-order valence-electron chi connectivity index (χ3n) is 2.88. The molecule has 0 bridgehead atoms. The minimum Gasteiger partial charge on any atom is -0.457 e. The average Bonchev–Trinajstić information content (AvgIpc) is 2.90. The molecule has 0 unspecified atom stereocenters. The molecule has 2 heterocycles. The fourth-order valence-corrected chi connectivity index (χ4v) is 3.22. The number of ether oxygens (including phenoxy) is 1. The van der Waals surface area contributed by atoms with Crippen LogP contribution in [-0.4, -0.2) is 28.0 Å². The summed E-state index contributed by atoms with van der Waals surface area (Å²) in [6.07, 6.45) is 2.76. The van der Waals surface area contributed by atoms with E-state index in [-0.39, 0.29) is 33.2 Å². The summed E-state index contributed by atoms with van der Waals surface area (Å²) in [6, 6.07) is 1.30. The Morgan fingerprint density at radius 1 is 1.48 bits per heavy atom. The van der Waals surface area contributed by atoms with E-state index in [1.807, 2.05) is 0 Å². The van der Waals surface area contributed by atoms with Gasteiger partial charge in [0.1, 0.15) is 23.1 Å². The number of nitrogens with zero attached hydrogens (tertiary/aromatic N) is 2. The summed E-state index contributed by atoms with van der Waals surface area (Å²) in [5, 5.41) is 2.89. The molecule has 0 saturated carbocycles. The van der Waals surface area contributed by atoms with E-state index in [0.29, 0.717) is 5.69 Å². The summed E-state index contributed by atoms with van der Waals surface area (Å²) < 4.78 is 6.02. The van der Waals surface area contributed by atoms with E-state index in [1.165, 1.54) is 18.3 Å². The summed E-state index contributed by atoms with van der Waals surface area (Å²) in [5.41, 5.74) is -0.109. The molecule has 0 radical (unpaired) electrons. The van der Waals surface area contributed by atoms with Gasteiger partial charge in [-0.1, -0.05) is 47.2 Å². The third-order valence-corrected chi connectivity index (χ3v) is 4.41. The Morgan fingerprint density at radius 2 is 2.20 bits per heavy atom. The molecule has 1 N–H and O–H groups in total. The van der Waals surface area contributed by atoms with Crippen LogP contribution < -0.4 is 10.9 Å². The number of esters is 1. The quantitative estimate of drug-likeness (QED) is 0.593. The minimum atomic E-state index is -0.548. The summed E-state index contributed by atoms with van der Waals surface area (Å²) >= 11 is 12.5. The number of aromatic nitrogens is 2. The SMILES string of the molecule is C=CCOC(=O)c1sc(NC(=O)Cn2cc(Cl)cc(Cl)c2=O)nc1C. The second-order valence-electron chi connectivity index (χ2n) is 4.81. The van der Waals surface area contributed by atoms with Crippen LogP contribution in [0.4, 0.5) is 5.13 Å². The summed E-state index contributed by atoms with van der Waals surface area (Å²) in [6.45, 7) is 4.86. The number of thiazole rings is 1. The maximum Gasteiger partial charge on any atom is 0.350 e. The van der Waals surface area contributed by atoms with Crippen LogP contribution in [0.1, 0.15) is 15.4 Å². The fourth-order valence-electron chi connectivity index (χ4n) is 1.84. The first kappa shape index (κ1) is 19.2. The highest BCUT2D eigenvalue weighted by atomic mass is 35.5. The number of aryl methyl sites for hydroxylation is 1. The zero-order valence-electron chi connectivity index (χ0n) is 13.0. The lowest BCUT2D eigenvalue weighted by Crippen LogP contribution is -2.27. The Labute approximate surface area is 156 Å². The van der Waals surface area contributed by atoms with Gasteiger partial charge in [-0.2, -0.15) is 0 Å². The number of pyridine rings is 1. The monoisotopic (exact) mass is 401 g/mol. The highest BCUT2D eigenvalue weighted by molar-refractivity contribution is 7.17. The van der Waals surface area contributed by atoms with Crippen molar-refractivity contribution < 1.29 is 14.3 Å². The van der Waals surface area contributed by atoms with Crippen LogP contribution in [0.2, 0.25) is 10.0 Å². The van der Waals surface area contributed by atoms with Gasteiger partial charge in [0.25, 0.3) is 5.56 Å². The molecule has 7 nitrogen and oxygen atoms in total. The molecule has 0 spiro atoms. The van der Waals surface area contributed by atoms with E-state index >= 15 is 0 Å². The van der Waals surface area contributed by atoms with Crippen LogP contribution in [0.25, 0.3) is 0 Å². The van der Waals surface area contributed by atoms with Gasteiger partial charge < -0.3 is 14.6 Å². The van der Waals surface area contributed by atoms with Crippen LogP contribution in [-0.2, 0) is 16.1 Å². The number of carbonyl (C=O) groups excluding carboxylic acids is 2. The minimum absolute atomic E-state index is 0.0797. The number of carbonyl (C=O) groups is 2. The van der Waals surface area contributed by atoms with Gasteiger partial charge in [0, 0.05) is 6.20 Å². The summed E-state index contributed by atoms with van der Waals surface area (Å²) in [4.78, 5) is 40.2. The largest absolute Gasteiger partial charge is 0.457 e. The van der Waals surface area contributed by atoms with E-state index < -0.39 is 17.4 Å². The van der Waals surface area contributed by atoms with Gasteiger partial charge in [0.05, 0.1) is 10.7 Å². The van der Waals surface area contributed by atoms with Crippen molar-refractivity contribution in [3.05, 3.63) is 55.9 Å². The van der Waals surface area contributed by atoms with Gasteiger partial charge in [-0.25, -0.2) is 9.78 Å². The van der Waals surface area contributed by atoms with Crippen molar-refractivity contribution in [1.29, 1.82) is 0 Å². The first-order chi connectivity index (χ1) is 11.8. The molecule has 0 saturated heterocycles. The Kier molecular flexibility index (Phi) is 6.35. The van der Waals surface area contributed by atoms with E-state index in [0.717, 1.165) is 15.9 Å². The van der Waals surface area contributed by atoms with Crippen molar-refractivity contribution in [3.63, 3.8) is 0 Å². The smallest absolute Gasteiger partial charge is 0.350 e. The Bertz CT molecular complexity index is 891. The van der Waals surface area contributed by atoms with Crippen molar-refractivity contribution in [2.24, 2.45) is 0 Å². The van der Waals surface area contributed by atoms with Crippen LogP contribution in [0.5, 0.6) is 0 Å². The Hall–Kier alpha value is -2.16. The molecule has 0 aliphatic carbocycles. The van der Waals surface area contributed by atoms with Crippen LogP contribution in [0, 0.1) is 6.92 Å². The maximum atomic E-state index is 12.1. The van der Waals surface area contributed by atoms with E-state index in [1.54, 1.807) is 6.92 Å². The molecule has 10 heteroatoms. The molecule has 0 fully saturated rings. The highest BCUT2D eigenvalue weighted by Crippen LogP contribution is 2.23. The highest BCUT2D eigenvalue weighted by Gasteiger charge is 2.18. The number of amides is 1. The van der Waals surface area contributed by atoms with E-state index in [4.69, 9.17) is 27.9 Å². The predicted molar refractivity (Wildman–Crippen MR) is 96.7 cm³/mol. The van der Waals surface area contributed by atoms with Gasteiger partial charge in [0.2, 0.25) is 5.91 Å². The first-order valence-corrected chi connectivity index (χ1v) is 8.50. The molecule has 25 heavy (non-hydrogen) atoms. The second kappa shape index (κ2) is 8.28. The molecular weight excluding hydrogens is 389 g/mol. The van der Waals surface area contributed by atoms with Crippen LogP contribution in [0.15, 0.2) is 29.7 Å². The molecule has 0 atom stereocenters. The molecule has 0 aliphatic rings. The Morgan fingerprint density at radius 3 is 2.88 bits per heavy atom. The average molecular weight is 402 g/mol. The van der Waals surface area contributed by atoms with Crippen molar-refractivity contribution in [1.82, 2.24) is 9.55 Å². The van der Waals surface area contributed by atoms with Crippen LogP contribution in [0.3, 0.4) is 0 Å². The number of nitrogens with one attached hydrogen (secondary N) is 1. The molecule has 0 aliphatic heterocycles. The predicted octanol–water partition coefficient (Wildman–Crippen LogP) is 2.90. The molecule has 1 amide bonds. The van der Waals surface area contributed by atoms with Gasteiger partial charge in [0.15, 0.2) is 5.13 Å². The van der Waals surface area contributed by atoms with Crippen LogP contribution >= 0.6 is 34.5 Å². The standard InChI is InChI=1S/C15H13Cl2N3O4S/c1-3-4-24-14(23)12-8(2)18-15(25-12)19-11(21)7-20-6-9(16)5-10(17)13(20)22/h3,5-6H,1,4,7H2,2H3,(H,18,19,21). The third kappa shape index (κ3) is 4.91. The number of halogens is 2. The van der Waals surface area contributed by atoms with E-state index in [2.05, 4.69) is 16.9 Å². The maximum absolute atomic E-state index is 12.1. The summed E-state index contributed by atoms with van der Waals surface area (Å²) in [7, 11) is 0.